The lowest BCUT2D eigenvalue weighted by atomic mass is 9.95. The summed E-state index contributed by atoms with van der Waals surface area (Å²) >= 11 is 0. The second-order valence-corrected chi connectivity index (χ2v) is 8.03. The first kappa shape index (κ1) is 18.8. The first-order valence-electron chi connectivity index (χ1n) is 10.4. The second-order valence-electron chi connectivity index (χ2n) is 8.03. The van der Waals surface area contributed by atoms with Crippen LogP contribution in [0.1, 0.15) is 11.6 Å². The van der Waals surface area contributed by atoms with E-state index in [9.17, 15) is 5.11 Å². The number of hydrogen-bond donors (Lipinski definition) is 2. The molecule has 8 nitrogen and oxygen atoms in total. The number of aliphatic hydroxyl groups is 1. The first-order valence-corrected chi connectivity index (χ1v) is 10.4. The van der Waals surface area contributed by atoms with Gasteiger partial charge in [0.2, 0.25) is 6.79 Å². The van der Waals surface area contributed by atoms with Crippen LogP contribution in [0.5, 0.6) is 11.5 Å². The van der Waals surface area contributed by atoms with Crippen molar-refractivity contribution in [3.05, 3.63) is 66.5 Å². The zero-order valence-corrected chi connectivity index (χ0v) is 16.8. The summed E-state index contributed by atoms with van der Waals surface area (Å²) in [7, 11) is 0. The number of fused-ring (bicyclic) bond motifs is 3. The van der Waals surface area contributed by atoms with Crippen LogP contribution in [-0.4, -0.2) is 52.8 Å². The largest absolute Gasteiger partial charge is 0.454 e. The third-order valence-electron chi connectivity index (χ3n) is 6.12. The summed E-state index contributed by atoms with van der Waals surface area (Å²) < 4.78 is 24.5. The van der Waals surface area contributed by atoms with Crippen molar-refractivity contribution < 1.29 is 24.1 Å². The van der Waals surface area contributed by atoms with Gasteiger partial charge in [-0.3, -0.25) is 4.68 Å². The van der Waals surface area contributed by atoms with Crippen LogP contribution in [0.15, 0.2) is 60.9 Å². The molecule has 0 amide bonds. The smallest absolute Gasteiger partial charge is 0.231 e. The topological polar surface area (TPSA) is 87.0 Å². The summed E-state index contributed by atoms with van der Waals surface area (Å²) in [6.07, 6.45) is 2.28. The van der Waals surface area contributed by atoms with Crippen molar-refractivity contribution in [3.63, 3.8) is 0 Å². The Morgan fingerprint density at radius 2 is 1.94 bits per heavy atom. The number of nitrogens with zero attached hydrogens (tertiary/aromatic N) is 2. The third kappa shape index (κ3) is 3.37. The van der Waals surface area contributed by atoms with Crippen molar-refractivity contribution in [1.29, 1.82) is 0 Å². The van der Waals surface area contributed by atoms with Crippen molar-refractivity contribution in [3.8, 4) is 22.6 Å². The van der Waals surface area contributed by atoms with E-state index < -0.39 is 18.4 Å². The number of nitrogens with one attached hydrogen (secondary N) is 1. The summed E-state index contributed by atoms with van der Waals surface area (Å²) in [4.78, 5) is 0. The van der Waals surface area contributed by atoms with Gasteiger partial charge in [0.05, 0.1) is 24.9 Å². The molecule has 2 fully saturated rings. The Kier molecular flexibility index (Phi) is 4.65. The highest BCUT2D eigenvalue weighted by Crippen LogP contribution is 2.37. The molecular formula is C23H23N3O5. The van der Waals surface area contributed by atoms with Gasteiger partial charge in [0.15, 0.2) is 17.8 Å². The number of ether oxygens (including phenoxy) is 4. The van der Waals surface area contributed by atoms with Gasteiger partial charge in [0.1, 0.15) is 12.1 Å². The van der Waals surface area contributed by atoms with E-state index >= 15 is 0 Å². The maximum Gasteiger partial charge on any atom is 0.231 e. The minimum atomic E-state index is -0.719. The summed E-state index contributed by atoms with van der Waals surface area (Å²) in [6.45, 7) is 1.24. The Balaban J connectivity index is 1.21. The minimum absolute atomic E-state index is 0.214. The van der Waals surface area contributed by atoms with Gasteiger partial charge in [-0.2, -0.15) is 5.10 Å². The predicted octanol–water partition coefficient (Wildman–Crippen LogP) is 2.09. The molecule has 2 aromatic carbocycles. The highest BCUT2D eigenvalue weighted by atomic mass is 16.7. The van der Waals surface area contributed by atoms with E-state index in [0.717, 1.165) is 28.2 Å². The van der Waals surface area contributed by atoms with Gasteiger partial charge >= 0.3 is 0 Å². The molecule has 5 atom stereocenters. The minimum Gasteiger partial charge on any atom is -0.454 e. The number of hydrogen-bond acceptors (Lipinski definition) is 7. The molecule has 4 heterocycles. The number of benzene rings is 2. The lowest BCUT2D eigenvalue weighted by molar-refractivity contribution is -0.168. The van der Waals surface area contributed by atoms with E-state index in [4.69, 9.17) is 18.9 Å². The fourth-order valence-electron chi connectivity index (χ4n) is 4.50. The van der Waals surface area contributed by atoms with E-state index in [0.29, 0.717) is 13.2 Å². The molecule has 1 aromatic heterocycles. The molecule has 8 heteroatoms. The molecule has 0 radical (unpaired) electrons. The Hall–Kier alpha value is -2.91. The highest BCUT2D eigenvalue weighted by molar-refractivity contribution is 5.61. The number of rotatable bonds is 5. The van der Waals surface area contributed by atoms with Crippen molar-refractivity contribution in [2.75, 3.05) is 13.4 Å². The summed E-state index contributed by atoms with van der Waals surface area (Å²) in [5.74, 6) is 1.50. The standard InChI is InChI=1S/C23H23N3O5/c27-22-20(24-9-14-6-7-17-18(8-14)30-13-29-17)19-12-28-23(31-19)21(22)26-11-16(10-25-26)15-4-2-1-3-5-15/h1-8,10-11,19-24,27H,9,12-13H2. The quantitative estimate of drug-likeness (QED) is 0.652. The molecule has 2 bridgehead atoms. The lowest BCUT2D eigenvalue weighted by Gasteiger charge is -2.38. The molecule has 3 aliphatic heterocycles. The Labute approximate surface area is 179 Å². The Bertz CT molecular complexity index is 1070. The SMILES string of the molecule is OC1C(NCc2ccc3c(c2)OCO3)C2COC(O2)C1n1cc(-c2ccccc2)cn1. The molecule has 0 aliphatic carbocycles. The van der Waals surface area contributed by atoms with Crippen LogP contribution in [0.4, 0.5) is 0 Å². The summed E-state index contributed by atoms with van der Waals surface area (Å²) in [6, 6.07) is 15.1. The molecule has 2 N–H and O–H groups in total. The average Bonchev–Trinajstić information content (AvgIpc) is 3.55. The van der Waals surface area contributed by atoms with E-state index in [-0.39, 0.29) is 18.9 Å². The van der Waals surface area contributed by atoms with Gasteiger partial charge < -0.3 is 29.4 Å². The fraction of sp³-hybridized carbons (Fsp3) is 0.348. The normalized spacial score (nSPS) is 28.7. The molecule has 160 valence electrons. The summed E-state index contributed by atoms with van der Waals surface area (Å²) in [5.41, 5.74) is 3.10. The molecule has 6 rings (SSSR count). The van der Waals surface area contributed by atoms with Crippen LogP contribution in [0.2, 0.25) is 0 Å². The molecule has 3 aliphatic rings. The number of aromatic nitrogens is 2. The molecule has 0 spiro atoms. The summed E-state index contributed by atoms with van der Waals surface area (Å²) in [5, 5.41) is 19.2. The average molecular weight is 421 g/mol. The molecule has 5 unspecified atom stereocenters. The predicted molar refractivity (Wildman–Crippen MR) is 111 cm³/mol. The van der Waals surface area contributed by atoms with Crippen molar-refractivity contribution in [2.24, 2.45) is 0 Å². The number of aliphatic hydroxyl groups excluding tert-OH is 1. The maximum atomic E-state index is 11.2. The van der Waals surface area contributed by atoms with E-state index in [1.807, 2.05) is 54.7 Å². The van der Waals surface area contributed by atoms with Crippen molar-refractivity contribution in [2.45, 2.75) is 37.1 Å². The first-order chi connectivity index (χ1) is 15.3. The van der Waals surface area contributed by atoms with Crippen LogP contribution in [0, 0.1) is 0 Å². The van der Waals surface area contributed by atoms with Crippen molar-refractivity contribution >= 4 is 0 Å². The van der Waals surface area contributed by atoms with Crippen LogP contribution >= 0.6 is 0 Å². The highest BCUT2D eigenvalue weighted by Gasteiger charge is 2.51. The third-order valence-corrected chi connectivity index (χ3v) is 6.12. The monoisotopic (exact) mass is 421 g/mol. The van der Waals surface area contributed by atoms with E-state index in [1.54, 1.807) is 10.9 Å². The van der Waals surface area contributed by atoms with Gasteiger partial charge in [-0.05, 0) is 23.3 Å². The molecule has 2 saturated heterocycles. The van der Waals surface area contributed by atoms with Gasteiger partial charge in [-0.15, -0.1) is 0 Å². The van der Waals surface area contributed by atoms with Crippen LogP contribution in [0.25, 0.3) is 11.1 Å². The van der Waals surface area contributed by atoms with Gasteiger partial charge in [-0.25, -0.2) is 0 Å². The van der Waals surface area contributed by atoms with Crippen LogP contribution in [-0.2, 0) is 16.0 Å². The second kappa shape index (κ2) is 7.65. The lowest BCUT2D eigenvalue weighted by Crippen LogP contribution is -2.57. The van der Waals surface area contributed by atoms with E-state index in [2.05, 4.69) is 10.4 Å². The molecule has 0 saturated carbocycles. The van der Waals surface area contributed by atoms with E-state index in [1.165, 1.54) is 0 Å². The van der Waals surface area contributed by atoms with Gasteiger partial charge in [-0.1, -0.05) is 36.4 Å². The molecular weight excluding hydrogens is 398 g/mol. The Morgan fingerprint density at radius 3 is 2.84 bits per heavy atom. The molecule has 3 aromatic rings. The maximum absolute atomic E-state index is 11.2. The van der Waals surface area contributed by atoms with Crippen LogP contribution in [0.3, 0.4) is 0 Å². The van der Waals surface area contributed by atoms with Crippen molar-refractivity contribution in [1.82, 2.24) is 15.1 Å². The Morgan fingerprint density at radius 1 is 1.06 bits per heavy atom. The zero-order valence-electron chi connectivity index (χ0n) is 16.8. The molecule has 31 heavy (non-hydrogen) atoms. The zero-order chi connectivity index (χ0) is 20.8. The van der Waals surface area contributed by atoms with Gasteiger partial charge in [0, 0.05) is 18.3 Å². The van der Waals surface area contributed by atoms with Gasteiger partial charge in [0.25, 0.3) is 0 Å². The fourth-order valence-corrected chi connectivity index (χ4v) is 4.50. The van der Waals surface area contributed by atoms with Crippen LogP contribution < -0.4 is 14.8 Å².